The number of fused-ring (bicyclic) bond motifs is 5. The Morgan fingerprint density at radius 3 is 1.35 bits per heavy atom. The zero-order valence-corrected chi connectivity index (χ0v) is 25.6. The predicted molar refractivity (Wildman–Crippen MR) is 199 cm³/mol. The molecule has 0 saturated carbocycles. The molecule has 0 fully saturated rings. The van der Waals surface area contributed by atoms with Crippen LogP contribution >= 0.6 is 0 Å². The summed E-state index contributed by atoms with van der Waals surface area (Å²) in [6, 6.07) is 52.6. The summed E-state index contributed by atoms with van der Waals surface area (Å²) in [5, 5.41) is 7.53. The topological polar surface area (TPSA) is 17.3 Å². The van der Waals surface area contributed by atoms with Crippen molar-refractivity contribution >= 4 is 55.3 Å². The van der Waals surface area contributed by atoms with E-state index < -0.39 is 0 Å². The van der Waals surface area contributed by atoms with Crippen molar-refractivity contribution in [1.29, 1.82) is 0 Å². The van der Waals surface area contributed by atoms with E-state index in [1.807, 2.05) is 37.4 Å². The Labute approximate surface area is 268 Å². The summed E-state index contributed by atoms with van der Waals surface area (Å²) in [6.07, 6.45) is 9.76. The van der Waals surface area contributed by atoms with Gasteiger partial charge in [0.2, 0.25) is 0 Å². The van der Waals surface area contributed by atoms with Crippen LogP contribution < -0.4 is 0 Å². The molecule has 8 aromatic rings. The summed E-state index contributed by atoms with van der Waals surface area (Å²) >= 11 is 0. The highest BCUT2D eigenvalue weighted by atomic mass is 15.0. The van der Waals surface area contributed by atoms with E-state index in [1.165, 1.54) is 65.6 Å². The lowest BCUT2D eigenvalue weighted by Gasteiger charge is -2.18. The van der Waals surface area contributed by atoms with Crippen molar-refractivity contribution in [3.8, 4) is 27.9 Å². The monoisotopic (exact) mass is 588 g/mol. The lowest BCUT2D eigenvalue weighted by Crippen LogP contribution is -1.94. The molecule has 2 heteroatoms. The molecule has 0 aliphatic carbocycles. The highest BCUT2D eigenvalue weighted by molar-refractivity contribution is 6.21. The van der Waals surface area contributed by atoms with Gasteiger partial charge in [-0.05, 0) is 93.2 Å². The number of benzene rings is 7. The Balaban J connectivity index is 1.26. The molecule has 46 heavy (non-hydrogen) atoms. The maximum Gasteiger partial charge on any atom is 0.0630 e. The van der Waals surface area contributed by atoms with Gasteiger partial charge in [0.05, 0.1) is 16.7 Å². The zero-order chi connectivity index (χ0) is 30.9. The standard InChI is InChI=1S/C44H32N2/c1-2-3-4-13-30-45-33-26-22-31(23-27-33)43-37-16-5-7-18-39(37)44(40-19-8-6-17-38(40)43)32-24-28-34(29-25-32)46-41-20-11-9-14-35(41)36-15-10-12-21-42(36)46/h2-30H,1H3/b3-2-,13-4-,45-30+. The molecule has 0 radical (unpaired) electrons. The smallest absolute Gasteiger partial charge is 0.0630 e. The van der Waals surface area contributed by atoms with Gasteiger partial charge in [0.25, 0.3) is 0 Å². The van der Waals surface area contributed by atoms with E-state index in [0.29, 0.717) is 0 Å². The molecular formula is C44H32N2. The predicted octanol–water partition coefficient (Wildman–Crippen LogP) is 12.3. The third-order valence-electron chi connectivity index (χ3n) is 8.81. The minimum atomic E-state index is 0.933. The van der Waals surface area contributed by atoms with Gasteiger partial charge in [-0.3, -0.25) is 4.99 Å². The van der Waals surface area contributed by atoms with Gasteiger partial charge in [0, 0.05) is 22.7 Å². The number of nitrogens with zero attached hydrogens (tertiary/aromatic N) is 2. The molecule has 0 aliphatic heterocycles. The van der Waals surface area contributed by atoms with E-state index in [9.17, 15) is 0 Å². The summed E-state index contributed by atoms with van der Waals surface area (Å²) in [5.41, 5.74) is 9.44. The molecule has 0 atom stereocenters. The normalized spacial score (nSPS) is 12.2. The van der Waals surface area contributed by atoms with Crippen LogP contribution in [0.4, 0.5) is 5.69 Å². The summed E-state index contributed by atoms with van der Waals surface area (Å²) in [6.45, 7) is 2.00. The summed E-state index contributed by atoms with van der Waals surface area (Å²) in [5.74, 6) is 0. The summed E-state index contributed by atoms with van der Waals surface area (Å²) in [4.78, 5) is 4.60. The Morgan fingerprint density at radius 2 is 0.870 bits per heavy atom. The quantitative estimate of drug-likeness (QED) is 0.104. The first-order chi connectivity index (χ1) is 22.8. The number of para-hydroxylation sites is 2. The second kappa shape index (κ2) is 11.8. The second-order valence-electron chi connectivity index (χ2n) is 11.5. The first-order valence-electron chi connectivity index (χ1n) is 15.8. The first kappa shape index (κ1) is 27.6. The molecule has 0 spiro atoms. The number of allylic oxidation sites excluding steroid dienone is 4. The molecule has 8 rings (SSSR count). The van der Waals surface area contributed by atoms with E-state index >= 15 is 0 Å². The van der Waals surface area contributed by atoms with Crippen LogP contribution in [0.3, 0.4) is 0 Å². The fraction of sp³-hybridized carbons (Fsp3) is 0.0227. The summed E-state index contributed by atoms with van der Waals surface area (Å²) < 4.78 is 2.38. The third kappa shape index (κ3) is 4.72. The minimum absolute atomic E-state index is 0.933. The van der Waals surface area contributed by atoms with Crippen molar-refractivity contribution in [2.24, 2.45) is 4.99 Å². The molecule has 218 valence electrons. The van der Waals surface area contributed by atoms with E-state index in [1.54, 1.807) is 0 Å². The summed E-state index contributed by atoms with van der Waals surface area (Å²) in [7, 11) is 0. The highest BCUT2D eigenvalue weighted by Crippen LogP contribution is 2.44. The molecule has 1 heterocycles. The first-order valence-corrected chi connectivity index (χ1v) is 15.8. The van der Waals surface area contributed by atoms with Crippen LogP contribution in [-0.4, -0.2) is 10.8 Å². The van der Waals surface area contributed by atoms with Gasteiger partial charge in [-0.25, -0.2) is 0 Å². The molecule has 0 aliphatic rings. The van der Waals surface area contributed by atoms with Gasteiger partial charge < -0.3 is 4.57 Å². The maximum absolute atomic E-state index is 4.60. The molecule has 0 saturated heterocycles. The average Bonchev–Trinajstić information content (AvgIpc) is 3.45. The van der Waals surface area contributed by atoms with Gasteiger partial charge in [-0.15, -0.1) is 0 Å². The lowest BCUT2D eigenvalue weighted by molar-refractivity contribution is 1.18. The Kier molecular flexibility index (Phi) is 7.09. The highest BCUT2D eigenvalue weighted by Gasteiger charge is 2.17. The Hall–Kier alpha value is -5.99. The number of hydrogen-bond donors (Lipinski definition) is 0. The van der Waals surface area contributed by atoms with Crippen molar-refractivity contribution in [1.82, 2.24) is 4.57 Å². The van der Waals surface area contributed by atoms with Crippen LogP contribution in [-0.2, 0) is 0 Å². The van der Waals surface area contributed by atoms with E-state index in [2.05, 4.69) is 155 Å². The number of rotatable bonds is 6. The van der Waals surface area contributed by atoms with Gasteiger partial charge in [-0.2, -0.15) is 0 Å². The second-order valence-corrected chi connectivity index (χ2v) is 11.5. The van der Waals surface area contributed by atoms with E-state index in [0.717, 1.165) is 11.4 Å². The van der Waals surface area contributed by atoms with Crippen LogP contribution in [0.5, 0.6) is 0 Å². The molecule has 2 nitrogen and oxygen atoms in total. The third-order valence-corrected chi connectivity index (χ3v) is 8.81. The molecular weight excluding hydrogens is 556 g/mol. The van der Waals surface area contributed by atoms with Gasteiger partial charge in [0.1, 0.15) is 0 Å². The van der Waals surface area contributed by atoms with Crippen LogP contribution in [0, 0.1) is 0 Å². The molecule has 0 N–H and O–H groups in total. The van der Waals surface area contributed by atoms with E-state index in [4.69, 9.17) is 0 Å². The van der Waals surface area contributed by atoms with Crippen LogP contribution in [0.1, 0.15) is 6.92 Å². The maximum atomic E-state index is 4.60. The van der Waals surface area contributed by atoms with Crippen LogP contribution in [0.2, 0.25) is 0 Å². The van der Waals surface area contributed by atoms with Gasteiger partial charge in [0.15, 0.2) is 0 Å². The fourth-order valence-corrected chi connectivity index (χ4v) is 6.80. The van der Waals surface area contributed by atoms with Crippen molar-refractivity contribution in [3.05, 3.63) is 170 Å². The minimum Gasteiger partial charge on any atom is -0.309 e. The SMILES string of the molecule is C\C=C/C=C\C=N\c1ccc(-c2c3ccccc3c(-c3ccc(-n4c5ccccc5c5ccccc54)cc3)c3ccccc23)cc1. The molecule has 0 amide bonds. The van der Waals surface area contributed by atoms with Crippen molar-refractivity contribution in [2.45, 2.75) is 6.92 Å². The molecule has 1 aromatic heterocycles. The van der Waals surface area contributed by atoms with Crippen molar-refractivity contribution in [2.75, 3.05) is 0 Å². The fourth-order valence-electron chi connectivity index (χ4n) is 6.80. The van der Waals surface area contributed by atoms with Crippen LogP contribution in [0.15, 0.2) is 175 Å². The zero-order valence-electron chi connectivity index (χ0n) is 25.6. The number of hydrogen-bond acceptors (Lipinski definition) is 1. The van der Waals surface area contributed by atoms with Crippen molar-refractivity contribution in [3.63, 3.8) is 0 Å². The Morgan fingerprint density at radius 1 is 0.435 bits per heavy atom. The molecule has 0 bridgehead atoms. The van der Waals surface area contributed by atoms with Gasteiger partial charge in [-0.1, -0.05) is 127 Å². The van der Waals surface area contributed by atoms with Crippen molar-refractivity contribution < 1.29 is 0 Å². The number of aliphatic imine (C=N–C) groups is 1. The largest absolute Gasteiger partial charge is 0.309 e. The van der Waals surface area contributed by atoms with E-state index in [-0.39, 0.29) is 0 Å². The molecule has 0 unspecified atom stereocenters. The Bertz CT molecular complexity index is 2340. The molecule has 7 aromatic carbocycles. The van der Waals surface area contributed by atoms with Crippen LogP contribution in [0.25, 0.3) is 71.3 Å². The van der Waals surface area contributed by atoms with Gasteiger partial charge >= 0.3 is 0 Å². The average molecular weight is 589 g/mol. The lowest BCUT2D eigenvalue weighted by atomic mass is 9.86. The number of aromatic nitrogens is 1.